The first-order chi connectivity index (χ1) is 9.60. The molecule has 0 amide bonds. The fourth-order valence-corrected chi connectivity index (χ4v) is 2.56. The van der Waals surface area contributed by atoms with Gasteiger partial charge in [-0.05, 0) is 31.5 Å². The molecule has 0 unspecified atom stereocenters. The first-order valence-corrected chi connectivity index (χ1v) is 6.54. The molecule has 3 nitrogen and oxygen atoms in total. The van der Waals surface area contributed by atoms with Crippen molar-refractivity contribution in [2.75, 3.05) is 0 Å². The molecule has 2 heterocycles. The maximum atomic E-state index is 13.4. The Morgan fingerprint density at radius 3 is 2.70 bits per heavy atom. The van der Waals surface area contributed by atoms with Crippen LogP contribution in [0.3, 0.4) is 0 Å². The Morgan fingerprint density at radius 1 is 1.20 bits per heavy atom. The Kier molecular flexibility index (Phi) is 3.03. The lowest BCUT2D eigenvalue weighted by atomic mass is 10.0. The molecule has 20 heavy (non-hydrogen) atoms. The topological polar surface area (TPSA) is 43.3 Å². The van der Waals surface area contributed by atoms with E-state index in [0.29, 0.717) is 12.2 Å². The van der Waals surface area contributed by atoms with Crippen LogP contribution < -0.4 is 5.73 Å². The molecule has 0 aliphatic heterocycles. The maximum absolute atomic E-state index is 13.4. The molecule has 4 heteroatoms. The zero-order chi connectivity index (χ0) is 14.3. The molecule has 0 saturated heterocycles. The van der Waals surface area contributed by atoms with Crippen molar-refractivity contribution >= 4 is 5.65 Å². The Morgan fingerprint density at radius 2 is 2.00 bits per heavy atom. The molecule has 0 aliphatic carbocycles. The summed E-state index contributed by atoms with van der Waals surface area (Å²) in [5.74, 6) is -0.295. The molecule has 1 aromatic carbocycles. The molecule has 0 radical (unpaired) electrons. The molecule has 2 aromatic heterocycles. The van der Waals surface area contributed by atoms with Gasteiger partial charge in [-0.2, -0.15) is 0 Å². The van der Waals surface area contributed by atoms with Gasteiger partial charge in [-0.25, -0.2) is 9.37 Å². The summed E-state index contributed by atoms with van der Waals surface area (Å²) in [6, 6.07) is 9.28. The number of pyridine rings is 1. The van der Waals surface area contributed by atoms with Gasteiger partial charge in [0, 0.05) is 18.3 Å². The fraction of sp³-hybridized carbons (Fsp3) is 0.188. The van der Waals surface area contributed by atoms with Gasteiger partial charge in [0.2, 0.25) is 0 Å². The zero-order valence-corrected chi connectivity index (χ0v) is 11.5. The molecule has 3 aromatic rings. The molecule has 0 aliphatic rings. The smallest absolute Gasteiger partial charge is 0.139 e. The lowest BCUT2D eigenvalue weighted by Gasteiger charge is -2.06. The highest BCUT2D eigenvalue weighted by Crippen LogP contribution is 2.28. The number of imidazole rings is 1. The Hall–Kier alpha value is -2.20. The quantitative estimate of drug-likeness (QED) is 0.776. The third kappa shape index (κ3) is 1.98. The average Bonchev–Trinajstić information content (AvgIpc) is 2.76. The molecular formula is C16H16FN3. The molecule has 102 valence electrons. The van der Waals surface area contributed by atoms with Crippen LogP contribution in [-0.4, -0.2) is 9.38 Å². The molecule has 2 N–H and O–H groups in total. The van der Waals surface area contributed by atoms with E-state index in [1.165, 1.54) is 17.8 Å². The number of aryl methyl sites for hydroxylation is 2. The monoisotopic (exact) mass is 269 g/mol. The van der Waals surface area contributed by atoms with E-state index in [1.54, 1.807) is 10.5 Å². The summed E-state index contributed by atoms with van der Waals surface area (Å²) >= 11 is 0. The third-order valence-electron chi connectivity index (χ3n) is 3.51. The summed E-state index contributed by atoms with van der Waals surface area (Å²) in [6.07, 6.45) is 1.43. The van der Waals surface area contributed by atoms with Crippen LogP contribution in [0, 0.1) is 19.7 Å². The Bertz CT molecular complexity index is 790. The van der Waals surface area contributed by atoms with Crippen LogP contribution in [-0.2, 0) is 6.54 Å². The predicted molar refractivity (Wildman–Crippen MR) is 78.0 cm³/mol. The van der Waals surface area contributed by atoms with Crippen LogP contribution in [0.1, 0.15) is 16.8 Å². The first kappa shape index (κ1) is 12.8. The summed E-state index contributed by atoms with van der Waals surface area (Å²) in [5, 5.41) is 0. The zero-order valence-electron chi connectivity index (χ0n) is 11.5. The molecule has 0 atom stereocenters. The summed E-state index contributed by atoms with van der Waals surface area (Å²) in [4.78, 5) is 4.60. The van der Waals surface area contributed by atoms with Gasteiger partial charge in [-0.3, -0.25) is 4.40 Å². The van der Waals surface area contributed by atoms with Crippen LogP contribution in [0.15, 0.2) is 36.5 Å². The van der Waals surface area contributed by atoms with Gasteiger partial charge in [-0.15, -0.1) is 0 Å². The highest BCUT2D eigenvalue weighted by molar-refractivity contribution is 5.70. The van der Waals surface area contributed by atoms with Gasteiger partial charge in [0.25, 0.3) is 0 Å². The van der Waals surface area contributed by atoms with Gasteiger partial charge in [0.1, 0.15) is 11.5 Å². The molecular weight excluding hydrogens is 253 g/mol. The normalized spacial score (nSPS) is 11.2. The average molecular weight is 269 g/mol. The second-order valence-electron chi connectivity index (χ2n) is 5.01. The van der Waals surface area contributed by atoms with E-state index < -0.39 is 0 Å². The van der Waals surface area contributed by atoms with Crippen molar-refractivity contribution in [3.05, 3.63) is 59.2 Å². The number of aromatic nitrogens is 2. The van der Waals surface area contributed by atoms with E-state index >= 15 is 0 Å². The molecule has 0 bridgehead atoms. The van der Waals surface area contributed by atoms with Crippen LogP contribution in [0.2, 0.25) is 0 Å². The van der Waals surface area contributed by atoms with Crippen LogP contribution in [0.25, 0.3) is 16.9 Å². The summed E-state index contributed by atoms with van der Waals surface area (Å²) in [7, 11) is 0. The van der Waals surface area contributed by atoms with Gasteiger partial charge in [0.15, 0.2) is 0 Å². The SMILES string of the molecule is Cc1ccc(-c2nc3ccc(F)cn3c2CN)c(C)c1. The van der Waals surface area contributed by atoms with E-state index in [4.69, 9.17) is 5.73 Å². The van der Waals surface area contributed by atoms with Crippen molar-refractivity contribution in [2.45, 2.75) is 20.4 Å². The Balaban J connectivity index is 2.30. The van der Waals surface area contributed by atoms with Crippen molar-refractivity contribution in [2.24, 2.45) is 5.73 Å². The number of halogens is 1. The van der Waals surface area contributed by atoms with Gasteiger partial charge in [-0.1, -0.05) is 23.8 Å². The van der Waals surface area contributed by atoms with Crippen molar-refractivity contribution in [1.82, 2.24) is 9.38 Å². The maximum Gasteiger partial charge on any atom is 0.139 e. The number of rotatable bonds is 2. The number of nitrogens with two attached hydrogens (primary N) is 1. The van der Waals surface area contributed by atoms with Crippen LogP contribution >= 0.6 is 0 Å². The van der Waals surface area contributed by atoms with Crippen molar-refractivity contribution in [3.8, 4) is 11.3 Å². The minimum atomic E-state index is -0.295. The minimum absolute atomic E-state index is 0.295. The number of hydrogen-bond donors (Lipinski definition) is 1. The van der Waals surface area contributed by atoms with E-state index in [-0.39, 0.29) is 5.82 Å². The lowest BCUT2D eigenvalue weighted by molar-refractivity contribution is 0.618. The van der Waals surface area contributed by atoms with Gasteiger partial charge in [0.05, 0.1) is 11.4 Å². The first-order valence-electron chi connectivity index (χ1n) is 6.54. The second kappa shape index (κ2) is 4.72. The van der Waals surface area contributed by atoms with Gasteiger partial charge >= 0.3 is 0 Å². The molecule has 0 fully saturated rings. The minimum Gasteiger partial charge on any atom is -0.325 e. The summed E-state index contributed by atoms with van der Waals surface area (Å²) in [6.45, 7) is 4.42. The van der Waals surface area contributed by atoms with E-state index in [2.05, 4.69) is 18.0 Å². The standard InChI is InChI=1S/C16H16FN3/c1-10-3-5-13(11(2)7-10)16-14(8-18)20-9-12(17)4-6-15(20)19-16/h3-7,9H,8,18H2,1-2H3. The van der Waals surface area contributed by atoms with Crippen LogP contribution in [0.5, 0.6) is 0 Å². The molecule has 3 rings (SSSR count). The van der Waals surface area contributed by atoms with Gasteiger partial charge < -0.3 is 5.73 Å². The highest BCUT2D eigenvalue weighted by atomic mass is 19.1. The molecule has 0 spiro atoms. The van der Waals surface area contributed by atoms with Crippen molar-refractivity contribution < 1.29 is 4.39 Å². The van der Waals surface area contributed by atoms with E-state index in [1.807, 2.05) is 19.1 Å². The highest BCUT2D eigenvalue weighted by Gasteiger charge is 2.14. The third-order valence-corrected chi connectivity index (χ3v) is 3.51. The largest absolute Gasteiger partial charge is 0.325 e. The lowest BCUT2D eigenvalue weighted by Crippen LogP contribution is -2.03. The van der Waals surface area contributed by atoms with E-state index in [0.717, 1.165) is 22.5 Å². The summed E-state index contributed by atoms with van der Waals surface area (Å²) < 4.78 is 15.1. The van der Waals surface area contributed by atoms with Crippen molar-refractivity contribution in [1.29, 1.82) is 0 Å². The fourth-order valence-electron chi connectivity index (χ4n) is 2.56. The number of hydrogen-bond acceptors (Lipinski definition) is 2. The summed E-state index contributed by atoms with van der Waals surface area (Å²) in [5.41, 5.74) is 11.6. The Labute approximate surface area is 116 Å². The number of benzene rings is 1. The van der Waals surface area contributed by atoms with Crippen LogP contribution in [0.4, 0.5) is 4.39 Å². The van der Waals surface area contributed by atoms with Crippen molar-refractivity contribution in [3.63, 3.8) is 0 Å². The molecule has 0 saturated carbocycles. The number of nitrogens with zero attached hydrogens (tertiary/aromatic N) is 2. The van der Waals surface area contributed by atoms with E-state index in [9.17, 15) is 4.39 Å². The predicted octanol–water partition coefficient (Wildman–Crippen LogP) is 3.22. The second-order valence-corrected chi connectivity index (χ2v) is 5.01. The number of fused-ring (bicyclic) bond motifs is 1.